The highest BCUT2D eigenvalue weighted by atomic mass is 16.1. The lowest BCUT2D eigenvalue weighted by Crippen LogP contribution is -2.24. The van der Waals surface area contributed by atoms with E-state index < -0.39 is 0 Å². The number of rotatable bonds is 0. The molecule has 1 aromatic rings. The molecule has 48 valence electrons. The molecule has 6 nitrogen and oxygen atoms in total. The summed E-state index contributed by atoms with van der Waals surface area (Å²) >= 11 is 0. The standard InChI is InChI=1S/C3H5N5O/c4-7-3-6-2(9)1-5-8-3/h1H,4H2,(H2,6,7,8,9). The lowest BCUT2D eigenvalue weighted by atomic mass is 10.9. The van der Waals surface area contributed by atoms with Crippen LogP contribution in [0, 0.1) is 0 Å². The molecule has 0 aliphatic carbocycles. The van der Waals surface area contributed by atoms with Gasteiger partial charge in [0.15, 0.2) is 0 Å². The van der Waals surface area contributed by atoms with Crippen LogP contribution in [0.1, 0.15) is 0 Å². The van der Waals surface area contributed by atoms with Crippen molar-refractivity contribution in [3.8, 4) is 0 Å². The third-order valence-corrected chi connectivity index (χ3v) is 0.723. The fourth-order valence-corrected chi connectivity index (χ4v) is 0.390. The van der Waals surface area contributed by atoms with Gasteiger partial charge in [-0.1, -0.05) is 0 Å². The van der Waals surface area contributed by atoms with Crippen molar-refractivity contribution in [3.63, 3.8) is 0 Å². The van der Waals surface area contributed by atoms with Crippen molar-refractivity contribution in [1.29, 1.82) is 0 Å². The maximum Gasteiger partial charge on any atom is 0.271 e. The number of nitrogens with one attached hydrogen (secondary N) is 2. The summed E-state index contributed by atoms with van der Waals surface area (Å²) in [5, 5.41) is 8.93. The number of H-pyrrole nitrogens is 2. The molecule has 6 heteroatoms. The van der Waals surface area contributed by atoms with Gasteiger partial charge in [-0.3, -0.25) is 9.78 Å². The van der Waals surface area contributed by atoms with E-state index >= 15 is 0 Å². The minimum atomic E-state index is -0.335. The fourth-order valence-electron chi connectivity index (χ4n) is 0.390. The van der Waals surface area contributed by atoms with E-state index in [9.17, 15) is 4.79 Å². The van der Waals surface area contributed by atoms with Gasteiger partial charge in [0.2, 0.25) is 5.62 Å². The lowest BCUT2D eigenvalue weighted by Gasteiger charge is -1.80. The Balaban J connectivity index is 3.42. The van der Waals surface area contributed by atoms with E-state index in [4.69, 9.17) is 5.84 Å². The molecule has 0 unspecified atom stereocenters. The quantitative estimate of drug-likeness (QED) is 0.274. The summed E-state index contributed by atoms with van der Waals surface area (Å²) in [4.78, 5) is 12.7. The predicted octanol–water partition coefficient (Wildman–Crippen LogP) is -2.13. The zero-order chi connectivity index (χ0) is 6.69. The summed E-state index contributed by atoms with van der Waals surface area (Å²) in [5.41, 5.74) is -0.180. The molecular formula is C3H5N5O. The largest absolute Gasteiger partial charge is 0.320 e. The molecule has 0 atom stereocenters. The van der Waals surface area contributed by atoms with Gasteiger partial charge in [0.1, 0.15) is 6.20 Å². The Hall–Kier alpha value is -1.59. The molecule has 0 saturated carbocycles. The molecule has 0 aromatic carbocycles. The molecule has 0 aliphatic rings. The van der Waals surface area contributed by atoms with Gasteiger partial charge in [-0.2, -0.15) is 5.10 Å². The zero-order valence-corrected chi connectivity index (χ0v) is 4.46. The van der Waals surface area contributed by atoms with Crippen LogP contribution in [0.2, 0.25) is 0 Å². The summed E-state index contributed by atoms with van der Waals surface area (Å²) in [6, 6.07) is 0. The van der Waals surface area contributed by atoms with Crippen molar-refractivity contribution in [3.05, 3.63) is 22.2 Å². The molecule has 0 spiro atoms. The monoisotopic (exact) mass is 127 g/mol. The van der Waals surface area contributed by atoms with Gasteiger partial charge < -0.3 is 5.84 Å². The van der Waals surface area contributed by atoms with Crippen molar-refractivity contribution < 1.29 is 0 Å². The smallest absolute Gasteiger partial charge is 0.271 e. The second-order valence-electron chi connectivity index (χ2n) is 1.34. The molecule has 0 bridgehead atoms. The molecule has 0 fully saturated rings. The first-order valence-corrected chi connectivity index (χ1v) is 2.21. The Labute approximate surface area is 49.4 Å². The highest BCUT2D eigenvalue weighted by Crippen LogP contribution is 1.42. The second kappa shape index (κ2) is 2.12. The van der Waals surface area contributed by atoms with Crippen LogP contribution in [-0.4, -0.2) is 15.2 Å². The normalized spacial score (nSPS) is 11.8. The van der Waals surface area contributed by atoms with Crippen LogP contribution in [0.5, 0.6) is 0 Å². The van der Waals surface area contributed by atoms with Crippen LogP contribution in [0.15, 0.2) is 16.1 Å². The van der Waals surface area contributed by atoms with E-state index in [1.54, 1.807) is 0 Å². The number of aromatic nitrogens is 3. The van der Waals surface area contributed by atoms with E-state index in [1.807, 2.05) is 0 Å². The topological polar surface area (TPSA) is 99.9 Å². The Kier molecular flexibility index (Phi) is 1.31. The summed E-state index contributed by atoms with van der Waals surface area (Å²) in [6.45, 7) is 0. The Morgan fingerprint density at radius 3 is 3.00 bits per heavy atom. The average molecular weight is 127 g/mol. The van der Waals surface area contributed by atoms with E-state index in [0.29, 0.717) is 0 Å². The first-order valence-electron chi connectivity index (χ1n) is 2.21. The van der Waals surface area contributed by atoms with Crippen molar-refractivity contribution in [2.75, 3.05) is 0 Å². The van der Waals surface area contributed by atoms with Crippen molar-refractivity contribution in [2.24, 2.45) is 10.9 Å². The summed E-state index contributed by atoms with van der Waals surface area (Å²) < 4.78 is 0. The maximum atomic E-state index is 10.4. The lowest BCUT2D eigenvalue weighted by molar-refractivity contribution is 0.832. The van der Waals surface area contributed by atoms with Crippen LogP contribution in [0.25, 0.3) is 0 Å². The van der Waals surface area contributed by atoms with E-state index in [-0.39, 0.29) is 11.2 Å². The molecule has 1 heterocycles. The molecular weight excluding hydrogens is 122 g/mol. The SMILES string of the molecule is NN=c1[nH]ncc(=O)[nH]1. The van der Waals surface area contributed by atoms with Crippen LogP contribution < -0.4 is 17.0 Å². The fraction of sp³-hybridized carbons (Fsp3) is 0. The summed E-state index contributed by atoms with van der Waals surface area (Å²) in [7, 11) is 0. The number of aromatic amines is 2. The molecule has 0 aliphatic heterocycles. The molecule has 4 N–H and O–H groups in total. The minimum Gasteiger partial charge on any atom is -0.320 e. The van der Waals surface area contributed by atoms with Crippen LogP contribution in [0.3, 0.4) is 0 Å². The molecule has 9 heavy (non-hydrogen) atoms. The van der Waals surface area contributed by atoms with Gasteiger partial charge in [0.05, 0.1) is 0 Å². The Bertz CT molecular complexity index is 295. The van der Waals surface area contributed by atoms with Crippen LogP contribution in [-0.2, 0) is 0 Å². The predicted molar refractivity (Wildman–Crippen MR) is 29.0 cm³/mol. The third-order valence-electron chi connectivity index (χ3n) is 0.723. The van der Waals surface area contributed by atoms with Crippen molar-refractivity contribution in [2.45, 2.75) is 0 Å². The maximum absolute atomic E-state index is 10.4. The Morgan fingerprint density at radius 1 is 1.78 bits per heavy atom. The molecule has 1 aromatic heterocycles. The number of hydrogen-bond acceptors (Lipinski definition) is 4. The highest BCUT2D eigenvalue weighted by molar-refractivity contribution is 4.64. The number of nitrogens with two attached hydrogens (primary N) is 1. The highest BCUT2D eigenvalue weighted by Gasteiger charge is 1.78. The van der Waals surface area contributed by atoms with Crippen molar-refractivity contribution in [1.82, 2.24) is 15.2 Å². The molecule has 0 saturated heterocycles. The average Bonchev–Trinajstić information content (AvgIpc) is 1.88. The number of nitrogens with zero attached hydrogens (tertiary/aromatic N) is 2. The van der Waals surface area contributed by atoms with Gasteiger partial charge in [-0.15, -0.1) is 5.10 Å². The van der Waals surface area contributed by atoms with Gasteiger partial charge in [-0.05, 0) is 0 Å². The molecule has 1 rings (SSSR count). The van der Waals surface area contributed by atoms with Crippen LogP contribution in [0.4, 0.5) is 0 Å². The molecule has 0 amide bonds. The first-order chi connectivity index (χ1) is 4.33. The van der Waals surface area contributed by atoms with Crippen molar-refractivity contribution >= 4 is 0 Å². The van der Waals surface area contributed by atoms with E-state index in [0.717, 1.165) is 6.20 Å². The zero-order valence-electron chi connectivity index (χ0n) is 4.46. The van der Waals surface area contributed by atoms with Gasteiger partial charge in [-0.25, -0.2) is 5.10 Å². The number of hydrogen-bond donors (Lipinski definition) is 3. The van der Waals surface area contributed by atoms with E-state index in [1.165, 1.54) is 0 Å². The first kappa shape index (κ1) is 5.54. The van der Waals surface area contributed by atoms with Crippen LogP contribution >= 0.6 is 0 Å². The summed E-state index contributed by atoms with van der Waals surface area (Å²) in [6.07, 6.45) is 1.09. The Morgan fingerprint density at radius 2 is 2.56 bits per heavy atom. The van der Waals surface area contributed by atoms with E-state index in [2.05, 4.69) is 20.3 Å². The third kappa shape index (κ3) is 1.15. The van der Waals surface area contributed by atoms with Gasteiger partial charge >= 0.3 is 0 Å². The summed E-state index contributed by atoms with van der Waals surface area (Å²) in [5.74, 6) is 4.80. The van der Waals surface area contributed by atoms with Gasteiger partial charge in [0.25, 0.3) is 5.56 Å². The minimum absolute atomic E-state index is 0.155. The second-order valence-corrected chi connectivity index (χ2v) is 1.34. The van der Waals surface area contributed by atoms with Gasteiger partial charge in [0, 0.05) is 0 Å². The molecule has 0 radical (unpaired) electrons.